The average Bonchev–Trinajstić information content (AvgIpc) is 2.37. The third kappa shape index (κ3) is 4.34. The first-order valence-corrected chi connectivity index (χ1v) is 7.05. The zero-order chi connectivity index (χ0) is 13.5. The second kappa shape index (κ2) is 7.87. The van der Waals surface area contributed by atoms with Gasteiger partial charge >= 0.3 is 0 Å². The molecule has 0 aromatic heterocycles. The molecule has 0 fully saturated rings. The monoisotopic (exact) mass is 317 g/mol. The predicted molar refractivity (Wildman–Crippen MR) is 76.4 cm³/mol. The minimum atomic E-state index is -0.201. The summed E-state index contributed by atoms with van der Waals surface area (Å²) in [6.45, 7) is 2.14. The van der Waals surface area contributed by atoms with Gasteiger partial charge in [0.25, 0.3) is 0 Å². The van der Waals surface area contributed by atoms with Crippen LogP contribution in [0.25, 0.3) is 0 Å². The summed E-state index contributed by atoms with van der Waals surface area (Å²) in [6.07, 6.45) is 2.96. The molecular formula is C14H21BrFNO. The molecule has 1 N–H and O–H groups in total. The molecule has 0 aliphatic rings. The highest BCUT2D eigenvalue weighted by Crippen LogP contribution is 2.21. The van der Waals surface area contributed by atoms with Gasteiger partial charge in [-0.05, 0) is 43.7 Å². The van der Waals surface area contributed by atoms with Gasteiger partial charge in [-0.1, -0.05) is 29.3 Å². The summed E-state index contributed by atoms with van der Waals surface area (Å²) in [5, 5.41) is 3.26. The van der Waals surface area contributed by atoms with Gasteiger partial charge in [0.2, 0.25) is 0 Å². The number of likely N-dealkylation sites (N-methyl/N-ethyl adjacent to an activating group) is 1. The Morgan fingerprint density at radius 1 is 1.44 bits per heavy atom. The van der Waals surface area contributed by atoms with Crippen LogP contribution in [0.2, 0.25) is 0 Å². The molecule has 18 heavy (non-hydrogen) atoms. The van der Waals surface area contributed by atoms with E-state index >= 15 is 0 Å². The molecule has 0 spiro atoms. The van der Waals surface area contributed by atoms with E-state index in [4.69, 9.17) is 4.74 Å². The summed E-state index contributed by atoms with van der Waals surface area (Å²) in [7, 11) is 3.64. The van der Waals surface area contributed by atoms with Gasteiger partial charge in [-0.15, -0.1) is 0 Å². The van der Waals surface area contributed by atoms with E-state index < -0.39 is 0 Å². The standard InChI is InChI=1S/C14H21BrFNO/c1-4-5-14(18-3)13(17-2)9-10-8-11(16)6-7-12(10)15/h6-8,13-14,17H,4-5,9H2,1-3H3. The van der Waals surface area contributed by atoms with Gasteiger partial charge in [-0.25, -0.2) is 4.39 Å². The van der Waals surface area contributed by atoms with Crippen molar-refractivity contribution in [3.8, 4) is 0 Å². The highest BCUT2D eigenvalue weighted by molar-refractivity contribution is 9.10. The van der Waals surface area contributed by atoms with Crippen LogP contribution in [0.5, 0.6) is 0 Å². The Morgan fingerprint density at radius 3 is 2.72 bits per heavy atom. The summed E-state index contributed by atoms with van der Waals surface area (Å²) >= 11 is 3.46. The average molecular weight is 318 g/mol. The first kappa shape index (κ1) is 15.6. The number of halogens is 2. The molecule has 0 amide bonds. The number of hydrogen-bond acceptors (Lipinski definition) is 2. The maximum absolute atomic E-state index is 13.3. The van der Waals surface area contributed by atoms with E-state index in [9.17, 15) is 4.39 Å². The largest absolute Gasteiger partial charge is 0.380 e. The molecule has 2 nitrogen and oxygen atoms in total. The van der Waals surface area contributed by atoms with Crippen LogP contribution in [0.4, 0.5) is 4.39 Å². The van der Waals surface area contributed by atoms with Gasteiger partial charge in [-0.2, -0.15) is 0 Å². The first-order chi connectivity index (χ1) is 8.62. The summed E-state index contributed by atoms with van der Waals surface area (Å²) in [6, 6.07) is 4.97. The van der Waals surface area contributed by atoms with Crippen molar-refractivity contribution in [2.75, 3.05) is 14.2 Å². The number of hydrogen-bond donors (Lipinski definition) is 1. The van der Waals surface area contributed by atoms with Crippen molar-refractivity contribution >= 4 is 15.9 Å². The molecule has 0 bridgehead atoms. The maximum atomic E-state index is 13.3. The minimum absolute atomic E-state index is 0.148. The van der Waals surface area contributed by atoms with Crippen molar-refractivity contribution in [3.05, 3.63) is 34.1 Å². The zero-order valence-electron chi connectivity index (χ0n) is 11.2. The summed E-state index contributed by atoms with van der Waals surface area (Å²) in [4.78, 5) is 0. The Kier molecular flexibility index (Phi) is 6.82. The SMILES string of the molecule is CCCC(OC)C(Cc1cc(F)ccc1Br)NC. The second-order valence-electron chi connectivity index (χ2n) is 4.40. The van der Waals surface area contributed by atoms with Crippen LogP contribution < -0.4 is 5.32 Å². The van der Waals surface area contributed by atoms with Crippen LogP contribution in [0.15, 0.2) is 22.7 Å². The van der Waals surface area contributed by atoms with Crippen LogP contribution in [0.3, 0.4) is 0 Å². The van der Waals surface area contributed by atoms with E-state index in [1.807, 2.05) is 7.05 Å². The first-order valence-electron chi connectivity index (χ1n) is 6.26. The van der Waals surface area contributed by atoms with Crippen molar-refractivity contribution in [2.24, 2.45) is 0 Å². The molecule has 1 aromatic rings. The Hall–Kier alpha value is -0.450. The van der Waals surface area contributed by atoms with Crippen LogP contribution in [0, 0.1) is 5.82 Å². The van der Waals surface area contributed by atoms with E-state index in [0.717, 1.165) is 29.3 Å². The fourth-order valence-electron chi connectivity index (χ4n) is 2.12. The van der Waals surface area contributed by atoms with Crippen molar-refractivity contribution in [1.29, 1.82) is 0 Å². The molecule has 2 atom stereocenters. The lowest BCUT2D eigenvalue weighted by Gasteiger charge is -2.26. The molecule has 0 heterocycles. The van der Waals surface area contributed by atoms with Crippen LogP contribution in [-0.2, 0) is 11.2 Å². The molecule has 0 radical (unpaired) electrons. The normalized spacial score (nSPS) is 14.5. The predicted octanol–water partition coefficient (Wildman–Crippen LogP) is 3.53. The Morgan fingerprint density at radius 2 is 2.17 bits per heavy atom. The Balaban J connectivity index is 2.81. The fourth-order valence-corrected chi connectivity index (χ4v) is 2.53. The van der Waals surface area contributed by atoms with Crippen molar-refractivity contribution in [3.63, 3.8) is 0 Å². The number of ether oxygens (including phenoxy) is 1. The highest BCUT2D eigenvalue weighted by atomic mass is 79.9. The van der Waals surface area contributed by atoms with Gasteiger partial charge in [0.05, 0.1) is 6.10 Å². The molecule has 0 aliphatic heterocycles. The van der Waals surface area contributed by atoms with Crippen LogP contribution in [-0.4, -0.2) is 26.3 Å². The molecule has 0 saturated heterocycles. The quantitative estimate of drug-likeness (QED) is 0.830. The maximum Gasteiger partial charge on any atom is 0.123 e. The van der Waals surface area contributed by atoms with Gasteiger partial charge < -0.3 is 10.1 Å². The molecule has 1 aromatic carbocycles. The molecule has 102 valence electrons. The highest BCUT2D eigenvalue weighted by Gasteiger charge is 2.20. The van der Waals surface area contributed by atoms with Crippen molar-refractivity contribution in [2.45, 2.75) is 38.3 Å². The lowest BCUT2D eigenvalue weighted by molar-refractivity contribution is 0.0632. The fraction of sp³-hybridized carbons (Fsp3) is 0.571. The summed E-state index contributed by atoms with van der Waals surface area (Å²) in [5.41, 5.74) is 0.965. The molecule has 2 unspecified atom stereocenters. The van der Waals surface area contributed by atoms with Gasteiger partial charge in [0.1, 0.15) is 5.82 Å². The van der Waals surface area contributed by atoms with Crippen molar-refractivity contribution < 1.29 is 9.13 Å². The number of rotatable bonds is 7. The lowest BCUT2D eigenvalue weighted by atomic mass is 9.98. The summed E-state index contributed by atoms with van der Waals surface area (Å²) < 4.78 is 19.7. The van der Waals surface area contributed by atoms with Crippen LogP contribution >= 0.6 is 15.9 Å². The molecule has 1 rings (SSSR count). The number of nitrogens with one attached hydrogen (secondary N) is 1. The van der Waals surface area contributed by atoms with Gasteiger partial charge in [-0.3, -0.25) is 0 Å². The Bertz CT molecular complexity index is 373. The topological polar surface area (TPSA) is 21.3 Å². The molecule has 4 heteroatoms. The van der Waals surface area contributed by atoms with E-state index in [1.165, 1.54) is 6.07 Å². The van der Waals surface area contributed by atoms with Crippen molar-refractivity contribution in [1.82, 2.24) is 5.32 Å². The van der Waals surface area contributed by atoms with E-state index in [2.05, 4.69) is 28.2 Å². The molecule has 0 aliphatic carbocycles. The van der Waals surface area contributed by atoms with Gasteiger partial charge in [0, 0.05) is 17.6 Å². The van der Waals surface area contributed by atoms with E-state index in [0.29, 0.717) is 0 Å². The molecule has 0 saturated carbocycles. The van der Waals surface area contributed by atoms with Crippen LogP contribution in [0.1, 0.15) is 25.3 Å². The Labute approximate surface area is 117 Å². The number of methoxy groups -OCH3 is 1. The zero-order valence-corrected chi connectivity index (χ0v) is 12.8. The van der Waals surface area contributed by atoms with Gasteiger partial charge in [0.15, 0.2) is 0 Å². The molecular weight excluding hydrogens is 297 g/mol. The smallest absolute Gasteiger partial charge is 0.123 e. The third-order valence-electron chi connectivity index (χ3n) is 3.14. The number of benzene rings is 1. The summed E-state index contributed by atoms with van der Waals surface area (Å²) in [5.74, 6) is -0.201. The third-order valence-corrected chi connectivity index (χ3v) is 3.92. The van der Waals surface area contributed by atoms with E-state index in [-0.39, 0.29) is 18.0 Å². The van der Waals surface area contributed by atoms with E-state index in [1.54, 1.807) is 19.2 Å². The second-order valence-corrected chi connectivity index (χ2v) is 5.25. The lowest BCUT2D eigenvalue weighted by Crippen LogP contribution is -2.40. The minimum Gasteiger partial charge on any atom is -0.380 e.